The Labute approximate surface area is 118 Å². The summed E-state index contributed by atoms with van der Waals surface area (Å²) in [6.07, 6.45) is -1.92. The van der Waals surface area contributed by atoms with Crippen LogP contribution in [0.1, 0.15) is 26.7 Å². The van der Waals surface area contributed by atoms with E-state index in [-0.39, 0.29) is 23.8 Å². The molecule has 0 spiro atoms. The van der Waals surface area contributed by atoms with Crippen molar-refractivity contribution in [3.8, 4) is 0 Å². The zero-order chi connectivity index (χ0) is 14.8. The van der Waals surface area contributed by atoms with Gasteiger partial charge < -0.3 is 20.1 Å². The quantitative estimate of drug-likeness (QED) is 0.437. The number of hydrogen-bond donors (Lipinski definition) is 3. The summed E-state index contributed by atoms with van der Waals surface area (Å²) in [5.74, 6) is -1.10. The zero-order valence-corrected chi connectivity index (χ0v) is 11.8. The fourth-order valence-electron chi connectivity index (χ4n) is 4.79. The van der Waals surface area contributed by atoms with Gasteiger partial charge in [-0.1, -0.05) is 20.4 Å². The van der Waals surface area contributed by atoms with Gasteiger partial charge in [0.1, 0.15) is 6.10 Å². The highest BCUT2D eigenvalue weighted by molar-refractivity contribution is 5.91. The standard InChI is InChI=1S/C15H22O5/c1-6-4-9-11(7(2)14(19)20-9)13(18)15(3)10(17)5-8(16)12(6)15/h6,8-13,16-18H,2,4-5H2,1,3H3/t6-,8+,9+,10+,11-,12-,13+,15-/m1/s1. The van der Waals surface area contributed by atoms with Gasteiger partial charge in [-0.05, 0) is 18.3 Å². The molecule has 20 heavy (non-hydrogen) atoms. The number of hydrogen-bond acceptors (Lipinski definition) is 5. The maximum atomic E-state index is 11.7. The fourth-order valence-corrected chi connectivity index (χ4v) is 4.79. The summed E-state index contributed by atoms with van der Waals surface area (Å²) in [4.78, 5) is 11.7. The van der Waals surface area contributed by atoms with Crippen molar-refractivity contribution in [2.45, 2.75) is 51.1 Å². The second kappa shape index (κ2) is 4.29. The summed E-state index contributed by atoms with van der Waals surface area (Å²) in [7, 11) is 0. The number of ether oxygens (including phenoxy) is 1. The van der Waals surface area contributed by atoms with Crippen molar-refractivity contribution >= 4 is 5.97 Å². The van der Waals surface area contributed by atoms with Crippen molar-refractivity contribution in [2.75, 3.05) is 0 Å². The van der Waals surface area contributed by atoms with E-state index in [9.17, 15) is 20.1 Å². The van der Waals surface area contributed by atoms with Crippen molar-refractivity contribution in [3.63, 3.8) is 0 Å². The van der Waals surface area contributed by atoms with Crippen LogP contribution in [0.15, 0.2) is 12.2 Å². The Morgan fingerprint density at radius 2 is 1.95 bits per heavy atom. The fraction of sp³-hybridized carbons (Fsp3) is 0.800. The van der Waals surface area contributed by atoms with E-state index in [4.69, 9.17) is 4.74 Å². The van der Waals surface area contributed by atoms with Crippen LogP contribution in [0, 0.1) is 23.2 Å². The molecular weight excluding hydrogens is 260 g/mol. The molecular formula is C15H22O5. The van der Waals surface area contributed by atoms with Gasteiger partial charge in [0.15, 0.2) is 0 Å². The largest absolute Gasteiger partial charge is 0.458 e. The van der Waals surface area contributed by atoms with Gasteiger partial charge in [0.25, 0.3) is 0 Å². The molecule has 0 aromatic heterocycles. The maximum Gasteiger partial charge on any atom is 0.334 e. The molecule has 8 atom stereocenters. The second-order valence-electron chi connectivity index (χ2n) is 6.86. The van der Waals surface area contributed by atoms with Crippen molar-refractivity contribution < 1.29 is 24.9 Å². The number of carbonyl (C=O) groups is 1. The molecule has 5 nitrogen and oxygen atoms in total. The zero-order valence-electron chi connectivity index (χ0n) is 11.8. The van der Waals surface area contributed by atoms with Crippen LogP contribution in [-0.4, -0.2) is 45.7 Å². The Hall–Kier alpha value is -0.910. The molecule has 3 fully saturated rings. The van der Waals surface area contributed by atoms with Gasteiger partial charge in [0, 0.05) is 17.4 Å². The molecule has 3 aliphatic rings. The van der Waals surface area contributed by atoms with Crippen LogP contribution < -0.4 is 0 Å². The highest BCUT2D eigenvalue weighted by Crippen LogP contribution is 2.56. The van der Waals surface area contributed by atoms with Crippen LogP contribution in [0.3, 0.4) is 0 Å². The van der Waals surface area contributed by atoms with E-state index < -0.39 is 41.7 Å². The highest BCUT2D eigenvalue weighted by atomic mass is 16.6. The number of esters is 1. The molecule has 0 aromatic carbocycles. The minimum Gasteiger partial charge on any atom is -0.458 e. The summed E-state index contributed by atoms with van der Waals surface area (Å²) in [5, 5.41) is 31.4. The molecule has 0 aromatic rings. The Morgan fingerprint density at radius 1 is 1.30 bits per heavy atom. The van der Waals surface area contributed by atoms with Gasteiger partial charge in [-0.3, -0.25) is 0 Å². The minimum atomic E-state index is -0.937. The van der Waals surface area contributed by atoms with Crippen molar-refractivity contribution in [1.29, 1.82) is 0 Å². The monoisotopic (exact) mass is 282 g/mol. The first-order valence-corrected chi connectivity index (χ1v) is 7.22. The molecule has 0 amide bonds. The average Bonchev–Trinajstić information content (AvgIpc) is 2.72. The SMILES string of the molecule is C=C1C(=O)O[C@H]2C[C@@H](C)[C@@H]3[C@@H](O)C[C@H](O)[C@@]3(C)[C@@H](O)[C@H]12. The molecule has 2 saturated carbocycles. The Kier molecular flexibility index (Phi) is 3.01. The molecule has 1 saturated heterocycles. The van der Waals surface area contributed by atoms with Crippen molar-refractivity contribution in [3.05, 3.63) is 12.2 Å². The molecule has 112 valence electrons. The molecule has 3 rings (SSSR count). The summed E-state index contributed by atoms with van der Waals surface area (Å²) >= 11 is 0. The summed E-state index contributed by atoms with van der Waals surface area (Å²) in [5.41, 5.74) is -0.556. The summed E-state index contributed by atoms with van der Waals surface area (Å²) in [6, 6.07) is 0. The minimum absolute atomic E-state index is 0.0514. The van der Waals surface area contributed by atoms with Gasteiger partial charge in [0.05, 0.1) is 24.2 Å². The normalized spacial score (nSPS) is 55.1. The van der Waals surface area contributed by atoms with E-state index >= 15 is 0 Å². The number of fused-ring (bicyclic) bond motifs is 2. The van der Waals surface area contributed by atoms with Crippen LogP contribution >= 0.6 is 0 Å². The van der Waals surface area contributed by atoms with Gasteiger partial charge in [-0.25, -0.2) is 4.79 Å². The molecule has 0 radical (unpaired) electrons. The Balaban J connectivity index is 2.06. The predicted octanol–water partition coefficient (Wildman–Crippen LogP) is 0.233. The topological polar surface area (TPSA) is 87.0 Å². The molecule has 1 aliphatic heterocycles. The smallest absolute Gasteiger partial charge is 0.334 e. The maximum absolute atomic E-state index is 11.7. The van der Waals surface area contributed by atoms with Gasteiger partial charge in [-0.2, -0.15) is 0 Å². The number of aliphatic hydroxyl groups is 3. The predicted molar refractivity (Wildman–Crippen MR) is 70.5 cm³/mol. The lowest BCUT2D eigenvalue weighted by Gasteiger charge is -2.41. The third-order valence-electron chi connectivity index (χ3n) is 5.83. The van der Waals surface area contributed by atoms with Crippen LogP contribution in [0.25, 0.3) is 0 Å². The Bertz CT molecular complexity index is 461. The third-order valence-corrected chi connectivity index (χ3v) is 5.83. The van der Waals surface area contributed by atoms with E-state index in [0.29, 0.717) is 6.42 Å². The number of carbonyl (C=O) groups excluding carboxylic acids is 1. The molecule has 0 bridgehead atoms. The van der Waals surface area contributed by atoms with Crippen molar-refractivity contribution in [1.82, 2.24) is 0 Å². The molecule has 0 unspecified atom stereocenters. The van der Waals surface area contributed by atoms with Crippen LogP contribution in [0.2, 0.25) is 0 Å². The highest BCUT2D eigenvalue weighted by Gasteiger charge is 2.63. The van der Waals surface area contributed by atoms with Gasteiger partial charge in [0.2, 0.25) is 0 Å². The molecule has 5 heteroatoms. The second-order valence-corrected chi connectivity index (χ2v) is 6.86. The van der Waals surface area contributed by atoms with Crippen molar-refractivity contribution in [2.24, 2.45) is 23.2 Å². The lowest BCUT2D eigenvalue weighted by atomic mass is 9.67. The first kappa shape index (κ1) is 14.0. The third kappa shape index (κ3) is 1.57. The Morgan fingerprint density at radius 3 is 2.60 bits per heavy atom. The van der Waals surface area contributed by atoms with Gasteiger partial charge in [-0.15, -0.1) is 0 Å². The molecule has 3 N–H and O–H groups in total. The lowest BCUT2D eigenvalue weighted by molar-refractivity contribution is -0.140. The van der Waals surface area contributed by atoms with E-state index in [1.807, 2.05) is 6.92 Å². The first-order valence-electron chi connectivity index (χ1n) is 7.22. The van der Waals surface area contributed by atoms with E-state index in [1.165, 1.54) is 0 Å². The van der Waals surface area contributed by atoms with E-state index in [0.717, 1.165) is 0 Å². The van der Waals surface area contributed by atoms with Crippen LogP contribution in [0.4, 0.5) is 0 Å². The lowest BCUT2D eigenvalue weighted by Crippen LogP contribution is -2.49. The summed E-state index contributed by atoms with van der Waals surface area (Å²) in [6.45, 7) is 7.53. The van der Waals surface area contributed by atoms with E-state index in [2.05, 4.69) is 6.58 Å². The van der Waals surface area contributed by atoms with E-state index in [1.54, 1.807) is 6.92 Å². The first-order chi connectivity index (χ1) is 9.28. The number of aliphatic hydroxyl groups excluding tert-OH is 3. The van der Waals surface area contributed by atoms with Crippen LogP contribution in [-0.2, 0) is 9.53 Å². The average molecular weight is 282 g/mol. The molecule has 1 heterocycles. The molecule has 2 aliphatic carbocycles. The van der Waals surface area contributed by atoms with Crippen LogP contribution in [0.5, 0.6) is 0 Å². The number of rotatable bonds is 0. The summed E-state index contributed by atoms with van der Waals surface area (Å²) < 4.78 is 5.32. The van der Waals surface area contributed by atoms with Gasteiger partial charge >= 0.3 is 5.97 Å².